The minimum Gasteiger partial charge on any atom is -0.329 e. The van der Waals surface area contributed by atoms with E-state index in [1.54, 1.807) is 19.1 Å². The molecule has 0 atom stereocenters. The Balaban J connectivity index is 2.61. The van der Waals surface area contributed by atoms with Crippen LogP contribution in [0, 0.1) is 12.7 Å². The van der Waals surface area contributed by atoms with Crippen molar-refractivity contribution in [1.82, 2.24) is 5.32 Å². The van der Waals surface area contributed by atoms with Crippen molar-refractivity contribution in [2.75, 3.05) is 13.1 Å². The Morgan fingerprint density at radius 1 is 1.46 bits per heavy atom. The summed E-state index contributed by atoms with van der Waals surface area (Å²) in [6, 6.07) is 5.41. The van der Waals surface area contributed by atoms with E-state index >= 15 is 0 Å². The van der Waals surface area contributed by atoms with Gasteiger partial charge in [-0.3, -0.25) is 0 Å². The fourth-order valence-electron chi connectivity index (χ4n) is 1.17. The lowest BCUT2D eigenvalue weighted by molar-refractivity contribution is 0.582. The van der Waals surface area contributed by atoms with Crippen molar-refractivity contribution in [3.8, 4) is 0 Å². The van der Waals surface area contributed by atoms with Crippen molar-refractivity contribution >= 4 is 0 Å². The molecule has 3 heteroatoms. The molecule has 0 spiro atoms. The van der Waals surface area contributed by atoms with Crippen LogP contribution in [0.1, 0.15) is 11.1 Å². The summed E-state index contributed by atoms with van der Waals surface area (Å²) in [5.74, 6) is -0.118. The molecule has 0 unspecified atom stereocenters. The molecule has 0 saturated carbocycles. The van der Waals surface area contributed by atoms with Crippen LogP contribution in [0.3, 0.4) is 0 Å². The molecule has 13 heavy (non-hydrogen) atoms. The second kappa shape index (κ2) is 4.94. The van der Waals surface area contributed by atoms with Crippen LogP contribution < -0.4 is 11.1 Å². The van der Waals surface area contributed by atoms with Crippen LogP contribution in [-0.4, -0.2) is 13.1 Å². The Labute approximate surface area is 77.9 Å². The van der Waals surface area contributed by atoms with Gasteiger partial charge in [-0.25, -0.2) is 4.39 Å². The molecule has 72 valence electrons. The first-order valence-corrected chi connectivity index (χ1v) is 4.40. The number of hydrogen-bond donors (Lipinski definition) is 2. The lowest BCUT2D eigenvalue weighted by Crippen LogP contribution is -2.22. The number of aryl methyl sites for hydroxylation is 1. The predicted octanol–water partition coefficient (Wildman–Crippen LogP) is 1.18. The van der Waals surface area contributed by atoms with Gasteiger partial charge in [0.25, 0.3) is 0 Å². The molecule has 0 aliphatic carbocycles. The fourth-order valence-corrected chi connectivity index (χ4v) is 1.17. The third kappa shape index (κ3) is 2.79. The molecule has 0 saturated heterocycles. The van der Waals surface area contributed by atoms with Crippen molar-refractivity contribution in [2.24, 2.45) is 5.73 Å². The van der Waals surface area contributed by atoms with Crippen molar-refractivity contribution in [3.63, 3.8) is 0 Å². The molecule has 0 fully saturated rings. The average Bonchev–Trinajstić information content (AvgIpc) is 2.13. The molecule has 0 amide bonds. The highest BCUT2D eigenvalue weighted by Gasteiger charge is 2.02. The highest BCUT2D eigenvalue weighted by atomic mass is 19.1. The minimum atomic E-state index is -0.118. The van der Waals surface area contributed by atoms with E-state index in [4.69, 9.17) is 5.73 Å². The monoisotopic (exact) mass is 182 g/mol. The van der Waals surface area contributed by atoms with Crippen LogP contribution in [0.4, 0.5) is 4.39 Å². The van der Waals surface area contributed by atoms with Gasteiger partial charge in [0.15, 0.2) is 0 Å². The van der Waals surface area contributed by atoms with Crippen LogP contribution in [0.5, 0.6) is 0 Å². The average molecular weight is 182 g/mol. The summed E-state index contributed by atoms with van der Waals surface area (Å²) in [5.41, 5.74) is 6.69. The van der Waals surface area contributed by atoms with E-state index in [9.17, 15) is 4.39 Å². The molecular formula is C10H15FN2. The SMILES string of the molecule is Cc1cccc(CNCCN)c1F. The van der Waals surface area contributed by atoms with Gasteiger partial charge in [0, 0.05) is 25.2 Å². The first-order chi connectivity index (χ1) is 6.25. The Hall–Kier alpha value is -0.930. The van der Waals surface area contributed by atoms with Gasteiger partial charge >= 0.3 is 0 Å². The Bertz CT molecular complexity index is 274. The van der Waals surface area contributed by atoms with Gasteiger partial charge in [0.2, 0.25) is 0 Å². The van der Waals surface area contributed by atoms with Gasteiger partial charge in [-0.1, -0.05) is 18.2 Å². The topological polar surface area (TPSA) is 38.0 Å². The van der Waals surface area contributed by atoms with Crippen LogP contribution in [0.25, 0.3) is 0 Å². The number of hydrogen-bond acceptors (Lipinski definition) is 2. The maximum absolute atomic E-state index is 13.4. The molecule has 1 aromatic carbocycles. The van der Waals surface area contributed by atoms with Crippen molar-refractivity contribution < 1.29 is 4.39 Å². The van der Waals surface area contributed by atoms with Crippen molar-refractivity contribution in [3.05, 3.63) is 35.1 Å². The zero-order chi connectivity index (χ0) is 9.68. The summed E-state index contributed by atoms with van der Waals surface area (Å²) < 4.78 is 13.4. The first-order valence-electron chi connectivity index (χ1n) is 4.40. The second-order valence-corrected chi connectivity index (χ2v) is 3.01. The highest BCUT2D eigenvalue weighted by molar-refractivity contribution is 5.24. The van der Waals surface area contributed by atoms with E-state index in [2.05, 4.69) is 5.32 Å². The minimum absolute atomic E-state index is 0.118. The lowest BCUT2D eigenvalue weighted by Gasteiger charge is -2.05. The number of nitrogens with two attached hydrogens (primary N) is 1. The number of benzene rings is 1. The summed E-state index contributed by atoms with van der Waals surface area (Å²) in [4.78, 5) is 0. The van der Waals surface area contributed by atoms with Crippen LogP contribution in [-0.2, 0) is 6.54 Å². The number of nitrogens with one attached hydrogen (secondary N) is 1. The van der Waals surface area contributed by atoms with Crippen LogP contribution in [0.15, 0.2) is 18.2 Å². The van der Waals surface area contributed by atoms with Gasteiger partial charge in [-0.05, 0) is 12.5 Å². The Morgan fingerprint density at radius 3 is 2.92 bits per heavy atom. The maximum Gasteiger partial charge on any atom is 0.130 e. The van der Waals surface area contributed by atoms with Crippen molar-refractivity contribution in [2.45, 2.75) is 13.5 Å². The third-order valence-corrected chi connectivity index (χ3v) is 1.91. The molecule has 0 aliphatic heterocycles. The highest BCUT2D eigenvalue weighted by Crippen LogP contribution is 2.10. The standard InChI is InChI=1S/C10H15FN2/c1-8-3-2-4-9(10(8)11)7-13-6-5-12/h2-4,13H,5-7,12H2,1H3. The zero-order valence-corrected chi connectivity index (χ0v) is 7.81. The first kappa shape index (κ1) is 10.2. The molecule has 0 bridgehead atoms. The summed E-state index contributed by atoms with van der Waals surface area (Å²) in [6.07, 6.45) is 0. The normalized spacial score (nSPS) is 10.4. The summed E-state index contributed by atoms with van der Waals surface area (Å²) in [5, 5.41) is 3.05. The molecule has 0 aliphatic rings. The predicted molar refractivity (Wildman–Crippen MR) is 51.9 cm³/mol. The van der Waals surface area contributed by atoms with E-state index in [1.807, 2.05) is 6.07 Å². The molecule has 3 N–H and O–H groups in total. The largest absolute Gasteiger partial charge is 0.329 e. The van der Waals surface area contributed by atoms with Crippen molar-refractivity contribution in [1.29, 1.82) is 0 Å². The fraction of sp³-hybridized carbons (Fsp3) is 0.400. The third-order valence-electron chi connectivity index (χ3n) is 1.91. The molecule has 1 rings (SSSR count). The number of rotatable bonds is 4. The smallest absolute Gasteiger partial charge is 0.130 e. The van der Waals surface area contributed by atoms with E-state index in [0.717, 1.165) is 0 Å². The molecule has 1 aromatic rings. The van der Waals surface area contributed by atoms with E-state index in [0.29, 0.717) is 30.8 Å². The summed E-state index contributed by atoms with van der Waals surface area (Å²) >= 11 is 0. The van der Waals surface area contributed by atoms with Gasteiger partial charge < -0.3 is 11.1 Å². The Kier molecular flexibility index (Phi) is 3.86. The molecular weight excluding hydrogens is 167 g/mol. The van der Waals surface area contributed by atoms with E-state index in [-0.39, 0.29) is 5.82 Å². The summed E-state index contributed by atoms with van der Waals surface area (Å²) in [6.45, 7) is 3.60. The van der Waals surface area contributed by atoms with Gasteiger partial charge in [-0.15, -0.1) is 0 Å². The molecule has 0 radical (unpaired) electrons. The van der Waals surface area contributed by atoms with Gasteiger partial charge in [0.05, 0.1) is 0 Å². The Morgan fingerprint density at radius 2 is 2.23 bits per heavy atom. The van der Waals surface area contributed by atoms with Gasteiger partial charge in [0.1, 0.15) is 5.82 Å². The van der Waals surface area contributed by atoms with Crippen LogP contribution in [0.2, 0.25) is 0 Å². The van der Waals surface area contributed by atoms with E-state index in [1.165, 1.54) is 0 Å². The van der Waals surface area contributed by atoms with Crippen LogP contribution >= 0.6 is 0 Å². The zero-order valence-electron chi connectivity index (χ0n) is 7.81. The van der Waals surface area contributed by atoms with E-state index < -0.39 is 0 Å². The molecule has 0 aromatic heterocycles. The second-order valence-electron chi connectivity index (χ2n) is 3.01. The quantitative estimate of drug-likeness (QED) is 0.686. The molecule has 2 nitrogen and oxygen atoms in total. The maximum atomic E-state index is 13.4. The summed E-state index contributed by atoms with van der Waals surface area (Å²) in [7, 11) is 0. The molecule has 0 heterocycles. The lowest BCUT2D eigenvalue weighted by atomic mass is 10.1. The number of halogens is 1. The van der Waals surface area contributed by atoms with Gasteiger partial charge in [-0.2, -0.15) is 0 Å².